The maximum atomic E-state index is 12.5. The van der Waals surface area contributed by atoms with E-state index in [1.807, 2.05) is 6.07 Å². The van der Waals surface area contributed by atoms with Crippen LogP contribution in [0.15, 0.2) is 47.3 Å². The Bertz CT molecular complexity index is 1400. The highest BCUT2D eigenvalue weighted by Gasteiger charge is 2.20. The van der Waals surface area contributed by atoms with E-state index >= 15 is 0 Å². The Hall–Kier alpha value is -3.94. The molecule has 12 heteroatoms. The molecule has 2 heterocycles. The van der Waals surface area contributed by atoms with E-state index < -0.39 is 12.2 Å². The van der Waals surface area contributed by atoms with E-state index in [0.717, 1.165) is 25.1 Å². The van der Waals surface area contributed by atoms with Gasteiger partial charge in [0.2, 0.25) is 0 Å². The highest BCUT2D eigenvalue weighted by Crippen LogP contribution is 2.32. The molecule has 2 aromatic carbocycles. The zero-order chi connectivity index (χ0) is 28.4. The average molecular weight is 574 g/mol. The summed E-state index contributed by atoms with van der Waals surface area (Å²) in [4.78, 5) is 35.2. The van der Waals surface area contributed by atoms with Crippen molar-refractivity contribution in [2.24, 2.45) is 0 Å². The Morgan fingerprint density at radius 2 is 1.92 bits per heavy atom. The van der Waals surface area contributed by atoms with E-state index in [-0.39, 0.29) is 18.2 Å². The number of fused-ring (bicyclic) bond motifs is 1. The van der Waals surface area contributed by atoms with Gasteiger partial charge in [-0.05, 0) is 44.9 Å². The number of para-hydroxylation sites is 1. The first kappa shape index (κ1) is 29.6. The Balaban J connectivity index is 0.000000224. The number of likely N-dealkylation sites (N-methyl/N-ethyl adjacent to an activating group) is 1. The smallest absolute Gasteiger partial charge is 0.412 e. The Morgan fingerprint density at radius 1 is 1.18 bits per heavy atom. The summed E-state index contributed by atoms with van der Waals surface area (Å²) in [6.45, 7) is 4.59. The summed E-state index contributed by atoms with van der Waals surface area (Å²) in [5.41, 5.74) is 0.854. The van der Waals surface area contributed by atoms with Crippen LogP contribution >= 0.6 is 23.2 Å². The molecule has 0 radical (unpaired) electrons. The largest absolute Gasteiger partial charge is 0.479 e. The van der Waals surface area contributed by atoms with Crippen molar-refractivity contribution >= 4 is 40.9 Å². The fourth-order valence-corrected chi connectivity index (χ4v) is 4.19. The van der Waals surface area contributed by atoms with Crippen molar-refractivity contribution in [3.63, 3.8) is 0 Å². The second kappa shape index (κ2) is 14.3. The van der Waals surface area contributed by atoms with Crippen LogP contribution in [0.4, 0.5) is 10.5 Å². The number of aryl methyl sites for hydroxylation is 1. The lowest BCUT2D eigenvalue weighted by Crippen LogP contribution is -2.36. The number of nitrogens with zero attached hydrogens (tertiary/aromatic N) is 3. The van der Waals surface area contributed by atoms with Gasteiger partial charge in [0, 0.05) is 31.3 Å². The SMILES string of the molecule is C#CCOc1cc(-n2nc3n(c2=O)CCCC3)c(Cl)cc1Cl.CCNC(=O)C(C)OC(=O)Nc1ccccc1. The fraction of sp³-hybridized carbons (Fsp3) is 0.333. The summed E-state index contributed by atoms with van der Waals surface area (Å²) < 4.78 is 13.2. The molecule has 1 unspecified atom stereocenters. The van der Waals surface area contributed by atoms with Crippen molar-refractivity contribution in [1.29, 1.82) is 0 Å². The van der Waals surface area contributed by atoms with Crippen molar-refractivity contribution in [2.75, 3.05) is 18.5 Å². The molecule has 1 atom stereocenters. The number of carbonyl (C=O) groups excluding carboxylic acids is 2. The van der Waals surface area contributed by atoms with Crippen LogP contribution < -0.4 is 21.1 Å². The molecule has 2 N–H and O–H groups in total. The van der Waals surface area contributed by atoms with Gasteiger partial charge >= 0.3 is 11.8 Å². The van der Waals surface area contributed by atoms with Crippen LogP contribution in [0, 0.1) is 12.3 Å². The second-order valence-electron chi connectivity index (χ2n) is 8.38. The molecule has 1 aliphatic heterocycles. The molecule has 4 rings (SSSR count). The summed E-state index contributed by atoms with van der Waals surface area (Å²) in [7, 11) is 0. The van der Waals surface area contributed by atoms with Crippen LogP contribution in [-0.4, -0.2) is 45.6 Å². The van der Waals surface area contributed by atoms with Crippen LogP contribution in [0.25, 0.3) is 5.69 Å². The van der Waals surface area contributed by atoms with Crippen molar-refractivity contribution in [3.05, 3.63) is 68.8 Å². The third kappa shape index (κ3) is 8.02. The number of nitrogens with one attached hydrogen (secondary N) is 2. The molecule has 0 saturated heterocycles. The number of amides is 2. The van der Waals surface area contributed by atoms with Crippen molar-refractivity contribution in [1.82, 2.24) is 19.7 Å². The lowest BCUT2D eigenvalue weighted by Gasteiger charge is -2.13. The summed E-state index contributed by atoms with van der Waals surface area (Å²) in [6, 6.07) is 12.0. The molecule has 0 bridgehead atoms. The molecule has 0 spiro atoms. The first-order chi connectivity index (χ1) is 18.7. The summed E-state index contributed by atoms with van der Waals surface area (Å²) in [5.74, 6) is 3.20. The molecular formula is C27H29Cl2N5O5. The van der Waals surface area contributed by atoms with Crippen LogP contribution in [0.5, 0.6) is 5.75 Å². The minimum Gasteiger partial charge on any atom is -0.479 e. The lowest BCUT2D eigenvalue weighted by molar-refractivity contribution is -0.128. The Morgan fingerprint density at radius 3 is 2.59 bits per heavy atom. The molecule has 39 heavy (non-hydrogen) atoms. The summed E-state index contributed by atoms with van der Waals surface area (Å²) in [6.07, 6.45) is 6.52. The van der Waals surface area contributed by atoms with Gasteiger partial charge in [-0.2, -0.15) is 4.68 Å². The quantitative estimate of drug-likeness (QED) is 0.403. The zero-order valence-corrected chi connectivity index (χ0v) is 23.1. The van der Waals surface area contributed by atoms with E-state index in [9.17, 15) is 14.4 Å². The predicted octanol–water partition coefficient (Wildman–Crippen LogP) is 4.45. The standard InChI is InChI=1S/C15H13Cl2N3O2.C12H16N2O3/c1-2-7-22-13-9-12(10(16)8-11(13)17)20-15(21)19-6-4-3-5-14(19)18-20;1-3-13-11(15)9(2)17-12(16)14-10-7-5-4-6-8-10/h1,8-9H,3-7H2;4-9H,3H2,1-2H3,(H,13,15)(H,14,16). The predicted molar refractivity (Wildman–Crippen MR) is 150 cm³/mol. The second-order valence-corrected chi connectivity index (χ2v) is 9.19. The fourth-order valence-electron chi connectivity index (χ4n) is 3.67. The van der Waals surface area contributed by atoms with Crippen LogP contribution in [0.3, 0.4) is 0 Å². The van der Waals surface area contributed by atoms with Gasteiger partial charge in [-0.3, -0.25) is 14.7 Å². The van der Waals surface area contributed by atoms with Crippen molar-refractivity contribution in [3.8, 4) is 23.8 Å². The minimum atomic E-state index is -0.807. The summed E-state index contributed by atoms with van der Waals surface area (Å²) >= 11 is 12.3. The monoisotopic (exact) mass is 573 g/mol. The molecular weight excluding hydrogens is 545 g/mol. The van der Waals surface area contributed by atoms with Crippen LogP contribution in [0.2, 0.25) is 10.0 Å². The van der Waals surface area contributed by atoms with E-state index in [1.165, 1.54) is 17.7 Å². The normalized spacial score (nSPS) is 12.6. The van der Waals surface area contributed by atoms with E-state index in [2.05, 4.69) is 21.7 Å². The molecule has 0 fully saturated rings. The third-order valence-electron chi connectivity index (χ3n) is 5.54. The van der Waals surface area contributed by atoms with Gasteiger partial charge in [0.25, 0.3) is 5.91 Å². The van der Waals surface area contributed by atoms with E-state index in [4.69, 9.17) is 39.1 Å². The molecule has 0 saturated carbocycles. The van der Waals surface area contributed by atoms with Gasteiger partial charge in [0.15, 0.2) is 6.10 Å². The number of halogens is 2. The Labute approximate surface area is 236 Å². The number of terminal acetylenes is 1. The number of hydrogen-bond donors (Lipinski definition) is 2. The number of rotatable bonds is 7. The minimum absolute atomic E-state index is 0.0788. The molecule has 1 aromatic heterocycles. The van der Waals surface area contributed by atoms with Crippen LogP contribution in [0.1, 0.15) is 32.5 Å². The number of carbonyl (C=O) groups is 2. The van der Waals surface area contributed by atoms with Gasteiger partial charge in [0.1, 0.15) is 18.2 Å². The van der Waals surface area contributed by atoms with Gasteiger partial charge in [0.05, 0.1) is 15.7 Å². The third-order valence-corrected chi connectivity index (χ3v) is 6.13. The lowest BCUT2D eigenvalue weighted by atomic mass is 10.2. The molecule has 3 aromatic rings. The first-order valence-corrected chi connectivity index (χ1v) is 13.1. The van der Waals surface area contributed by atoms with Crippen molar-refractivity contribution < 1.29 is 19.1 Å². The Kier molecular flexibility index (Phi) is 10.8. The van der Waals surface area contributed by atoms with Gasteiger partial charge < -0.3 is 14.8 Å². The highest BCUT2D eigenvalue weighted by molar-refractivity contribution is 6.36. The number of hydrogen-bond acceptors (Lipinski definition) is 6. The number of benzene rings is 2. The van der Waals surface area contributed by atoms with Crippen molar-refractivity contribution in [2.45, 2.75) is 45.8 Å². The number of ether oxygens (including phenoxy) is 2. The van der Waals surface area contributed by atoms with Gasteiger partial charge in [-0.1, -0.05) is 47.3 Å². The zero-order valence-electron chi connectivity index (χ0n) is 21.6. The highest BCUT2D eigenvalue weighted by atomic mass is 35.5. The van der Waals surface area contributed by atoms with E-state index in [0.29, 0.717) is 40.3 Å². The molecule has 0 aliphatic carbocycles. The van der Waals surface area contributed by atoms with Gasteiger partial charge in [-0.15, -0.1) is 11.5 Å². The average Bonchev–Trinajstić information content (AvgIpc) is 3.25. The summed E-state index contributed by atoms with van der Waals surface area (Å²) in [5, 5.41) is 10.1. The maximum Gasteiger partial charge on any atom is 0.412 e. The molecule has 10 nitrogen and oxygen atoms in total. The number of anilines is 1. The number of aromatic nitrogens is 3. The topological polar surface area (TPSA) is 116 Å². The molecule has 1 aliphatic rings. The molecule has 2 amide bonds. The first-order valence-electron chi connectivity index (χ1n) is 12.3. The molecule has 206 valence electrons. The van der Waals surface area contributed by atoms with Crippen LogP contribution in [-0.2, 0) is 22.5 Å². The van der Waals surface area contributed by atoms with Gasteiger partial charge in [-0.25, -0.2) is 9.59 Å². The van der Waals surface area contributed by atoms with E-state index in [1.54, 1.807) is 41.8 Å². The maximum absolute atomic E-state index is 12.5.